The highest BCUT2D eigenvalue weighted by Crippen LogP contribution is 2.36. The maximum Gasteiger partial charge on any atom is 0.323 e. The van der Waals surface area contributed by atoms with E-state index in [1.54, 1.807) is 19.1 Å². The van der Waals surface area contributed by atoms with Crippen LogP contribution in [-0.4, -0.2) is 28.1 Å². The quantitative estimate of drug-likeness (QED) is 0.898. The van der Waals surface area contributed by atoms with E-state index in [9.17, 15) is 14.3 Å². The molecular formula is C14H18FNO2. The molecule has 1 fully saturated rings. The second-order valence-electron chi connectivity index (χ2n) is 5.10. The van der Waals surface area contributed by atoms with Gasteiger partial charge in [-0.05, 0) is 50.9 Å². The van der Waals surface area contributed by atoms with Crippen LogP contribution in [0.4, 0.5) is 4.39 Å². The van der Waals surface area contributed by atoms with Crippen molar-refractivity contribution in [1.82, 2.24) is 4.90 Å². The van der Waals surface area contributed by atoms with Crippen molar-refractivity contribution in [2.24, 2.45) is 0 Å². The van der Waals surface area contributed by atoms with Gasteiger partial charge in [-0.2, -0.15) is 0 Å². The maximum absolute atomic E-state index is 12.9. The number of carboxylic acid groups (broad SMARTS) is 1. The van der Waals surface area contributed by atoms with Crippen LogP contribution in [0.25, 0.3) is 0 Å². The van der Waals surface area contributed by atoms with Crippen LogP contribution in [0, 0.1) is 5.82 Å². The van der Waals surface area contributed by atoms with Gasteiger partial charge in [0.1, 0.15) is 11.4 Å². The molecular weight excluding hydrogens is 233 g/mol. The molecule has 4 heteroatoms. The minimum Gasteiger partial charge on any atom is -0.480 e. The van der Waals surface area contributed by atoms with Crippen molar-refractivity contribution >= 4 is 5.97 Å². The van der Waals surface area contributed by atoms with E-state index in [-0.39, 0.29) is 11.9 Å². The highest BCUT2D eigenvalue weighted by Gasteiger charge is 2.45. The summed E-state index contributed by atoms with van der Waals surface area (Å²) in [6.45, 7) is 4.50. The highest BCUT2D eigenvalue weighted by atomic mass is 19.1. The Morgan fingerprint density at radius 2 is 2.06 bits per heavy atom. The van der Waals surface area contributed by atoms with Crippen molar-refractivity contribution in [2.45, 2.75) is 38.3 Å². The third kappa shape index (κ3) is 2.12. The molecule has 1 heterocycles. The summed E-state index contributed by atoms with van der Waals surface area (Å²) in [5.74, 6) is -1.05. The van der Waals surface area contributed by atoms with Crippen molar-refractivity contribution < 1.29 is 14.3 Å². The van der Waals surface area contributed by atoms with E-state index in [0.717, 1.165) is 18.5 Å². The summed E-state index contributed by atoms with van der Waals surface area (Å²) >= 11 is 0. The average Bonchev–Trinajstić information content (AvgIpc) is 2.73. The lowest BCUT2D eigenvalue weighted by Crippen LogP contribution is -2.48. The maximum atomic E-state index is 12.9. The first-order valence-corrected chi connectivity index (χ1v) is 6.21. The smallest absolute Gasteiger partial charge is 0.323 e. The lowest BCUT2D eigenvalue weighted by atomic mass is 9.96. The molecule has 2 unspecified atom stereocenters. The van der Waals surface area contributed by atoms with Crippen LogP contribution in [-0.2, 0) is 4.79 Å². The number of hydrogen-bond donors (Lipinski definition) is 1. The predicted molar refractivity (Wildman–Crippen MR) is 66.8 cm³/mol. The van der Waals surface area contributed by atoms with E-state index in [1.165, 1.54) is 12.1 Å². The monoisotopic (exact) mass is 251 g/mol. The molecule has 1 aromatic rings. The molecule has 0 spiro atoms. The molecule has 1 aromatic carbocycles. The fraction of sp³-hybridized carbons (Fsp3) is 0.500. The number of benzene rings is 1. The number of aliphatic carboxylic acids is 1. The fourth-order valence-electron chi connectivity index (χ4n) is 2.76. The highest BCUT2D eigenvalue weighted by molar-refractivity contribution is 5.78. The SMILES string of the molecule is CC(c1ccc(F)cc1)N1CCCC1(C)C(=O)O. The Kier molecular flexibility index (Phi) is 3.39. The molecule has 0 radical (unpaired) electrons. The molecule has 0 aliphatic carbocycles. The van der Waals surface area contributed by atoms with Gasteiger partial charge >= 0.3 is 5.97 Å². The molecule has 2 atom stereocenters. The summed E-state index contributed by atoms with van der Waals surface area (Å²) in [4.78, 5) is 13.4. The molecule has 3 nitrogen and oxygen atoms in total. The van der Waals surface area contributed by atoms with Gasteiger partial charge in [0.15, 0.2) is 0 Å². The van der Waals surface area contributed by atoms with Crippen molar-refractivity contribution in [3.8, 4) is 0 Å². The van der Waals surface area contributed by atoms with Gasteiger partial charge in [0, 0.05) is 6.04 Å². The van der Waals surface area contributed by atoms with E-state index in [1.807, 2.05) is 11.8 Å². The molecule has 18 heavy (non-hydrogen) atoms. The fourth-order valence-corrected chi connectivity index (χ4v) is 2.76. The van der Waals surface area contributed by atoms with Gasteiger partial charge in [-0.1, -0.05) is 12.1 Å². The van der Waals surface area contributed by atoms with Crippen LogP contribution in [0.2, 0.25) is 0 Å². The first kappa shape index (κ1) is 13.0. The lowest BCUT2D eigenvalue weighted by molar-refractivity contribution is -0.149. The zero-order valence-corrected chi connectivity index (χ0v) is 10.7. The van der Waals surface area contributed by atoms with Crippen LogP contribution in [0.1, 0.15) is 38.3 Å². The molecule has 1 N–H and O–H groups in total. The van der Waals surface area contributed by atoms with Gasteiger partial charge < -0.3 is 5.11 Å². The molecule has 0 aromatic heterocycles. The van der Waals surface area contributed by atoms with Crippen molar-refractivity contribution in [3.63, 3.8) is 0 Å². The van der Waals surface area contributed by atoms with Crippen molar-refractivity contribution in [1.29, 1.82) is 0 Å². The van der Waals surface area contributed by atoms with E-state index in [0.29, 0.717) is 6.42 Å². The normalized spacial score (nSPS) is 26.2. The third-order valence-corrected chi connectivity index (χ3v) is 3.98. The van der Waals surface area contributed by atoms with Gasteiger partial charge in [0.25, 0.3) is 0 Å². The Bertz CT molecular complexity index is 446. The van der Waals surface area contributed by atoms with Gasteiger partial charge in [0.2, 0.25) is 0 Å². The Morgan fingerprint density at radius 3 is 2.61 bits per heavy atom. The molecule has 1 aliphatic rings. The summed E-state index contributed by atoms with van der Waals surface area (Å²) in [7, 11) is 0. The third-order valence-electron chi connectivity index (χ3n) is 3.98. The van der Waals surface area contributed by atoms with Crippen molar-refractivity contribution in [3.05, 3.63) is 35.6 Å². The Hall–Kier alpha value is -1.42. The van der Waals surface area contributed by atoms with Gasteiger partial charge in [-0.3, -0.25) is 9.69 Å². The van der Waals surface area contributed by atoms with Crippen LogP contribution in [0.5, 0.6) is 0 Å². The number of carboxylic acids is 1. The Morgan fingerprint density at radius 1 is 1.44 bits per heavy atom. The molecule has 2 rings (SSSR count). The van der Waals surface area contributed by atoms with Crippen LogP contribution >= 0.6 is 0 Å². The first-order valence-electron chi connectivity index (χ1n) is 6.21. The zero-order chi connectivity index (χ0) is 13.3. The minimum absolute atomic E-state index is 0.0193. The summed E-state index contributed by atoms with van der Waals surface area (Å²) in [5.41, 5.74) is 0.138. The predicted octanol–water partition coefficient (Wildman–Crippen LogP) is 2.83. The second-order valence-corrected chi connectivity index (χ2v) is 5.10. The van der Waals surface area contributed by atoms with E-state index >= 15 is 0 Å². The molecule has 1 aliphatic heterocycles. The number of nitrogens with zero attached hydrogens (tertiary/aromatic N) is 1. The number of hydrogen-bond acceptors (Lipinski definition) is 2. The lowest BCUT2D eigenvalue weighted by Gasteiger charge is -2.36. The number of likely N-dealkylation sites (tertiary alicyclic amines) is 1. The Labute approximate surface area is 106 Å². The van der Waals surface area contributed by atoms with E-state index in [4.69, 9.17) is 0 Å². The summed E-state index contributed by atoms with van der Waals surface area (Å²) in [6, 6.07) is 6.26. The molecule has 0 bridgehead atoms. The second kappa shape index (κ2) is 4.69. The topological polar surface area (TPSA) is 40.5 Å². The van der Waals surface area contributed by atoms with Gasteiger partial charge in [-0.15, -0.1) is 0 Å². The molecule has 1 saturated heterocycles. The number of halogens is 1. The molecule has 0 saturated carbocycles. The van der Waals surface area contributed by atoms with Gasteiger partial charge in [-0.25, -0.2) is 4.39 Å². The van der Waals surface area contributed by atoms with Crippen LogP contribution in [0.3, 0.4) is 0 Å². The van der Waals surface area contributed by atoms with Crippen LogP contribution < -0.4 is 0 Å². The molecule has 98 valence electrons. The number of rotatable bonds is 3. The zero-order valence-electron chi connectivity index (χ0n) is 10.7. The standard InChI is InChI=1S/C14H18FNO2/c1-10(11-4-6-12(15)7-5-11)16-9-3-8-14(16,2)13(17)18/h4-7,10H,3,8-9H2,1-2H3,(H,17,18). The number of carbonyl (C=O) groups is 1. The minimum atomic E-state index is -0.812. The van der Waals surface area contributed by atoms with Crippen molar-refractivity contribution in [2.75, 3.05) is 6.54 Å². The summed E-state index contributed by atoms with van der Waals surface area (Å²) in [6.07, 6.45) is 1.54. The van der Waals surface area contributed by atoms with E-state index in [2.05, 4.69) is 0 Å². The molecule has 0 amide bonds. The van der Waals surface area contributed by atoms with E-state index < -0.39 is 11.5 Å². The first-order chi connectivity index (χ1) is 8.45. The van der Waals surface area contributed by atoms with Gasteiger partial charge in [0.05, 0.1) is 0 Å². The average molecular weight is 251 g/mol. The Balaban J connectivity index is 2.25. The summed E-state index contributed by atoms with van der Waals surface area (Å²) < 4.78 is 12.9. The largest absolute Gasteiger partial charge is 0.480 e. The van der Waals surface area contributed by atoms with Crippen LogP contribution in [0.15, 0.2) is 24.3 Å². The summed E-state index contributed by atoms with van der Waals surface area (Å²) in [5, 5.41) is 9.38.